The van der Waals surface area contributed by atoms with Crippen LogP contribution >= 0.6 is 11.6 Å². The van der Waals surface area contributed by atoms with E-state index in [1.165, 1.54) is 0 Å². The maximum Gasteiger partial charge on any atom is 0.0683 e. The largest absolute Gasteiger partial charge is 0.254 e. The second-order valence-electron chi connectivity index (χ2n) is 4.96. The minimum absolute atomic E-state index is 0.280. The van der Waals surface area contributed by atoms with Gasteiger partial charge >= 0.3 is 0 Å². The van der Waals surface area contributed by atoms with Gasteiger partial charge in [-0.2, -0.15) is 5.26 Å². The normalized spacial score (nSPS) is 13.0. The molecule has 0 aliphatic carbocycles. The molecule has 0 fully saturated rings. The summed E-state index contributed by atoms with van der Waals surface area (Å²) in [6.45, 7) is 3.86. The summed E-state index contributed by atoms with van der Waals surface area (Å²) >= 11 is 5.86. The molecule has 0 bridgehead atoms. The molecule has 0 aliphatic rings. The average Bonchev–Trinajstić information content (AvgIpc) is 2.34. The first kappa shape index (κ1) is 15.2. The Morgan fingerprint density at radius 2 is 2.11 bits per heavy atom. The Hall–Kier alpha value is -0.850. The van der Waals surface area contributed by atoms with Crippen molar-refractivity contribution in [1.29, 1.82) is 5.26 Å². The van der Waals surface area contributed by atoms with E-state index in [1.54, 1.807) is 12.1 Å². The van der Waals surface area contributed by atoms with Gasteiger partial charge in [0.05, 0.1) is 22.3 Å². The zero-order valence-electron chi connectivity index (χ0n) is 10.8. The molecule has 0 saturated heterocycles. The molecule has 0 aliphatic heterocycles. The number of nitriles is 1. The summed E-state index contributed by atoms with van der Waals surface area (Å²) in [5.74, 6) is 0.627. The molecular weight excluding hydrogens is 266 g/mol. The fourth-order valence-electron chi connectivity index (χ4n) is 1.58. The second-order valence-corrected chi connectivity index (χ2v) is 6.97. The van der Waals surface area contributed by atoms with Crippen LogP contribution in [0.1, 0.15) is 33.1 Å². The van der Waals surface area contributed by atoms with E-state index in [2.05, 4.69) is 6.07 Å². The van der Waals surface area contributed by atoms with Gasteiger partial charge in [-0.05, 0) is 44.9 Å². The van der Waals surface area contributed by atoms with Crippen molar-refractivity contribution in [3.05, 3.63) is 29.3 Å². The Kier molecular flexibility index (Phi) is 5.84. The zero-order chi connectivity index (χ0) is 13.6. The van der Waals surface area contributed by atoms with E-state index < -0.39 is 10.8 Å². The van der Waals surface area contributed by atoms with Crippen molar-refractivity contribution in [1.82, 2.24) is 0 Å². The van der Waals surface area contributed by atoms with E-state index in [0.29, 0.717) is 10.8 Å². The lowest BCUT2D eigenvalue weighted by molar-refractivity contribution is 0.432. The highest BCUT2D eigenvalue weighted by atomic mass is 35.5. The molecule has 0 saturated carbocycles. The van der Waals surface area contributed by atoms with Gasteiger partial charge in [0.25, 0.3) is 0 Å². The third-order valence-corrected chi connectivity index (χ3v) is 4.42. The molecular formula is C14H18ClNOS. The van der Waals surface area contributed by atoms with Gasteiger partial charge in [-0.3, -0.25) is 4.21 Å². The highest BCUT2D eigenvalue weighted by molar-refractivity contribution is 7.85. The number of benzene rings is 1. The minimum Gasteiger partial charge on any atom is -0.254 e. The molecule has 1 rings (SSSR count). The molecule has 18 heavy (non-hydrogen) atoms. The Labute approximate surface area is 116 Å². The molecule has 1 unspecified atom stereocenters. The van der Waals surface area contributed by atoms with Crippen LogP contribution < -0.4 is 0 Å². The third-order valence-electron chi connectivity index (χ3n) is 2.74. The first-order chi connectivity index (χ1) is 8.44. The Bertz CT molecular complexity index is 465. The van der Waals surface area contributed by atoms with Gasteiger partial charge in [0.1, 0.15) is 0 Å². The molecule has 1 aromatic rings. The Morgan fingerprint density at radius 3 is 2.72 bits per heavy atom. The quantitative estimate of drug-likeness (QED) is 0.735. The van der Waals surface area contributed by atoms with Gasteiger partial charge in [-0.15, -0.1) is 0 Å². The maximum atomic E-state index is 12.0. The van der Waals surface area contributed by atoms with Gasteiger partial charge in [-0.1, -0.05) is 24.1 Å². The molecule has 1 atom stereocenters. The third kappa shape index (κ3) is 5.20. The summed E-state index contributed by atoms with van der Waals surface area (Å²) in [7, 11) is -0.991. The molecule has 0 N–H and O–H groups in total. The van der Waals surface area contributed by atoms with Gasteiger partial charge < -0.3 is 0 Å². The van der Waals surface area contributed by atoms with Gasteiger partial charge in [-0.25, -0.2) is 0 Å². The average molecular weight is 284 g/mol. The number of halogens is 1. The Balaban J connectivity index is 2.37. The summed E-state index contributed by atoms with van der Waals surface area (Å²) in [5.41, 5.74) is -0.280. The van der Waals surface area contributed by atoms with Crippen molar-refractivity contribution in [2.24, 2.45) is 5.41 Å². The highest BCUT2D eigenvalue weighted by Gasteiger charge is 2.15. The number of hydrogen-bond acceptors (Lipinski definition) is 2. The fourth-order valence-corrected chi connectivity index (χ4v) is 3.03. The van der Waals surface area contributed by atoms with Crippen molar-refractivity contribution in [2.45, 2.75) is 38.0 Å². The van der Waals surface area contributed by atoms with Crippen molar-refractivity contribution < 1.29 is 4.21 Å². The first-order valence-electron chi connectivity index (χ1n) is 6.00. The van der Waals surface area contributed by atoms with Gasteiger partial charge in [0.15, 0.2) is 0 Å². The standard InChI is InChI=1S/C14H18ClNOS/c1-14(2,11-16)8-3-4-9-18(17)13-7-5-6-12(15)10-13/h5-7,10H,3-4,8-9H2,1-2H3. The molecule has 0 amide bonds. The number of unbranched alkanes of at least 4 members (excludes halogenated alkanes) is 1. The van der Waals surface area contributed by atoms with Crippen LogP contribution in [0.2, 0.25) is 5.02 Å². The highest BCUT2D eigenvalue weighted by Crippen LogP contribution is 2.22. The van der Waals surface area contributed by atoms with Crippen molar-refractivity contribution in [3.63, 3.8) is 0 Å². The molecule has 0 radical (unpaired) electrons. The summed E-state index contributed by atoms with van der Waals surface area (Å²) in [6, 6.07) is 9.45. The molecule has 1 aromatic carbocycles. The van der Waals surface area contributed by atoms with Crippen LogP contribution in [0.3, 0.4) is 0 Å². The summed E-state index contributed by atoms with van der Waals surface area (Å²) in [5, 5.41) is 9.50. The predicted molar refractivity (Wildman–Crippen MR) is 76.0 cm³/mol. The SMILES string of the molecule is CC(C)(C#N)CCCCS(=O)c1cccc(Cl)c1. The smallest absolute Gasteiger partial charge is 0.0683 e. The first-order valence-corrected chi connectivity index (χ1v) is 7.69. The van der Waals surface area contributed by atoms with Crippen LogP contribution in [0.5, 0.6) is 0 Å². The molecule has 0 aromatic heterocycles. The molecule has 4 heteroatoms. The van der Waals surface area contributed by atoms with Crippen molar-refractivity contribution >= 4 is 22.4 Å². The van der Waals surface area contributed by atoms with Crippen molar-refractivity contribution in [2.75, 3.05) is 5.75 Å². The molecule has 0 spiro atoms. The lowest BCUT2D eigenvalue weighted by Crippen LogP contribution is -2.08. The van der Waals surface area contributed by atoms with E-state index in [0.717, 1.165) is 24.2 Å². The summed E-state index contributed by atoms with van der Waals surface area (Å²) in [6.07, 6.45) is 2.63. The molecule has 98 valence electrons. The van der Waals surface area contributed by atoms with Crippen LogP contribution in [0.4, 0.5) is 0 Å². The molecule has 0 heterocycles. The van der Waals surface area contributed by atoms with Crippen LogP contribution in [-0.4, -0.2) is 9.96 Å². The van der Waals surface area contributed by atoms with Crippen LogP contribution in [0.25, 0.3) is 0 Å². The zero-order valence-corrected chi connectivity index (χ0v) is 12.4. The summed E-state index contributed by atoms with van der Waals surface area (Å²) in [4.78, 5) is 0.780. The number of rotatable bonds is 6. The summed E-state index contributed by atoms with van der Waals surface area (Å²) < 4.78 is 12.0. The lowest BCUT2D eigenvalue weighted by atomic mass is 9.89. The van der Waals surface area contributed by atoms with Gasteiger partial charge in [0.2, 0.25) is 0 Å². The number of nitrogens with zero attached hydrogens (tertiary/aromatic N) is 1. The van der Waals surface area contributed by atoms with Crippen molar-refractivity contribution in [3.8, 4) is 6.07 Å². The van der Waals surface area contributed by atoms with Crippen LogP contribution in [0.15, 0.2) is 29.2 Å². The minimum atomic E-state index is -0.991. The predicted octanol–water partition coefficient (Wildman–Crippen LogP) is 4.17. The van der Waals surface area contributed by atoms with E-state index in [9.17, 15) is 4.21 Å². The Morgan fingerprint density at radius 1 is 1.39 bits per heavy atom. The van der Waals surface area contributed by atoms with Gasteiger partial charge in [0, 0.05) is 15.7 Å². The maximum absolute atomic E-state index is 12.0. The number of hydrogen-bond donors (Lipinski definition) is 0. The van der Waals surface area contributed by atoms with E-state index in [1.807, 2.05) is 26.0 Å². The van der Waals surface area contributed by atoms with E-state index in [4.69, 9.17) is 16.9 Å². The van der Waals surface area contributed by atoms with E-state index in [-0.39, 0.29) is 5.41 Å². The lowest BCUT2D eigenvalue weighted by Gasteiger charge is -2.14. The molecule has 2 nitrogen and oxygen atoms in total. The topological polar surface area (TPSA) is 40.9 Å². The van der Waals surface area contributed by atoms with Crippen LogP contribution in [-0.2, 0) is 10.8 Å². The second kappa shape index (κ2) is 6.92. The monoisotopic (exact) mass is 283 g/mol. The van der Waals surface area contributed by atoms with E-state index >= 15 is 0 Å². The fraction of sp³-hybridized carbons (Fsp3) is 0.500. The van der Waals surface area contributed by atoms with Crippen LogP contribution in [0, 0.1) is 16.7 Å².